The van der Waals surface area contributed by atoms with E-state index >= 15 is 0 Å². The third kappa shape index (κ3) is 4.13. The van der Waals surface area contributed by atoms with Crippen LogP contribution in [0.5, 0.6) is 0 Å². The van der Waals surface area contributed by atoms with Gasteiger partial charge in [0.2, 0.25) is 0 Å². The van der Waals surface area contributed by atoms with Crippen molar-refractivity contribution in [1.29, 1.82) is 0 Å². The van der Waals surface area contributed by atoms with E-state index in [9.17, 15) is 4.39 Å². The number of ether oxygens (including phenoxy) is 1. The molecule has 0 spiro atoms. The molecule has 0 aromatic heterocycles. The van der Waals surface area contributed by atoms with Crippen LogP contribution < -0.4 is 11.1 Å². The zero-order valence-electron chi connectivity index (χ0n) is 11.6. The number of anilines is 1. The molecule has 2 rings (SSSR count). The van der Waals surface area contributed by atoms with Gasteiger partial charge in [-0.2, -0.15) is 0 Å². The molecule has 1 aromatic rings. The molecule has 1 aliphatic rings. The highest BCUT2D eigenvalue weighted by Crippen LogP contribution is 2.17. The van der Waals surface area contributed by atoms with Crippen molar-refractivity contribution in [3.05, 3.63) is 29.6 Å². The maximum Gasteiger partial charge on any atom is 0.146 e. The molecule has 6 heteroatoms. The van der Waals surface area contributed by atoms with E-state index in [0.29, 0.717) is 11.3 Å². The quantitative estimate of drug-likeness (QED) is 0.808. The predicted molar refractivity (Wildman–Crippen MR) is 82.6 cm³/mol. The van der Waals surface area contributed by atoms with E-state index in [1.165, 1.54) is 6.07 Å². The highest BCUT2D eigenvalue weighted by Gasteiger charge is 2.14. The number of nitrogens with one attached hydrogen (secondary N) is 1. The number of morpholine rings is 1. The minimum Gasteiger partial charge on any atom is -0.389 e. The molecule has 1 fully saturated rings. The zero-order valence-corrected chi connectivity index (χ0v) is 12.4. The average Bonchev–Trinajstić information content (AvgIpc) is 2.42. The fraction of sp³-hybridized carbons (Fsp3) is 0.500. The van der Waals surface area contributed by atoms with Crippen molar-refractivity contribution in [3.8, 4) is 0 Å². The molecule has 1 aromatic carbocycles. The van der Waals surface area contributed by atoms with Gasteiger partial charge in [0.25, 0.3) is 0 Å². The molecule has 4 nitrogen and oxygen atoms in total. The maximum atomic E-state index is 13.9. The largest absolute Gasteiger partial charge is 0.389 e. The molecule has 1 unspecified atom stereocenters. The van der Waals surface area contributed by atoms with Crippen LogP contribution in [0.25, 0.3) is 0 Å². The average molecular weight is 297 g/mol. The molecular formula is C14H20FN3OS. The van der Waals surface area contributed by atoms with Crippen molar-refractivity contribution in [3.63, 3.8) is 0 Å². The third-order valence-electron chi connectivity index (χ3n) is 3.29. The van der Waals surface area contributed by atoms with Gasteiger partial charge in [0.15, 0.2) is 0 Å². The van der Waals surface area contributed by atoms with Gasteiger partial charge in [0, 0.05) is 31.2 Å². The Morgan fingerprint density at radius 3 is 2.80 bits per heavy atom. The second-order valence-electron chi connectivity index (χ2n) is 5.02. The number of nitrogens with two attached hydrogens (primary N) is 1. The van der Waals surface area contributed by atoms with Gasteiger partial charge in [-0.25, -0.2) is 4.39 Å². The number of nitrogens with zero attached hydrogens (tertiary/aromatic N) is 1. The van der Waals surface area contributed by atoms with E-state index in [1.54, 1.807) is 12.1 Å². The number of hydrogen-bond acceptors (Lipinski definition) is 4. The maximum absolute atomic E-state index is 13.9. The number of hydrogen-bond donors (Lipinski definition) is 2. The number of rotatable bonds is 5. The SMILES string of the molecule is CC(CN1CCOCC1)Nc1ccc(C(N)=S)cc1F. The fourth-order valence-electron chi connectivity index (χ4n) is 2.27. The van der Waals surface area contributed by atoms with E-state index in [-0.39, 0.29) is 16.8 Å². The van der Waals surface area contributed by atoms with Gasteiger partial charge in [-0.3, -0.25) is 4.90 Å². The van der Waals surface area contributed by atoms with Crippen molar-refractivity contribution < 1.29 is 9.13 Å². The summed E-state index contributed by atoms with van der Waals surface area (Å²) in [6.45, 7) is 6.29. The van der Waals surface area contributed by atoms with Gasteiger partial charge >= 0.3 is 0 Å². The summed E-state index contributed by atoms with van der Waals surface area (Å²) in [6, 6.07) is 4.93. The lowest BCUT2D eigenvalue weighted by Gasteiger charge is -2.29. The molecule has 1 saturated heterocycles. The summed E-state index contributed by atoms with van der Waals surface area (Å²) in [5, 5.41) is 3.18. The Morgan fingerprint density at radius 2 is 2.20 bits per heavy atom. The van der Waals surface area contributed by atoms with Gasteiger partial charge in [0.05, 0.1) is 18.9 Å². The molecule has 20 heavy (non-hydrogen) atoms. The summed E-state index contributed by atoms with van der Waals surface area (Å²) in [5.74, 6) is -0.330. The summed E-state index contributed by atoms with van der Waals surface area (Å²) in [6.07, 6.45) is 0. The van der Waals surface area contributed by atoms with Crippen molar-refractivity contribution in [2.24, 2.45) is 5.73 Å². The molecule has 1 atom stereocenters. The van der Waals surface area contributed by atoms with Crippen LogP contribution in [0.2, 0.25) is 0 Å². The second-order valence-corrected chi connectivity index (χ2v) is 5.46. The Labute approximate surface area is 124 Å². The molecule has 0 bridgehead atoms. The van der Waals surface area contributed by atoms with E-state index in [0.717, 1.165) is 32.8 Å². The van der Waals surface area contributed by atoms with E-state index < -0.39 is 0 Å². The van der Waals surface area contributed by atoms with Crippen molar-refractivity contribution in [1.82, 2.24) is 4.90 Å². The van der Waals surface area contributed by atoms with Crippen LogP contribution in [0.15, 0.2) is 18.2 Å². The van der Waals surface area contributed by atoms with Crippen molar-refractivity contribution in [2.75, 3.05) is 38.2 Å². The fourth-order valence-corrected chi connectivity index (χ4v) is 2.39. The first-order chi connectivity index (χ1) is 9.56. The van der Waals surface area contributed by atoms with Gasteiger partial charge in [0.1, 0.15) is 10.8 Å². The standard InChI is InChI=1S/C14H20FN3OS/c1-10(9-18-4-6-19-7-5-18)17-13-3-2-11(14(16)20)8-12(13)15/h2-3,8,10,17H,4-7,9H2,1H3,(H2,16,20). The van der Waals surface area contributed by atoms with Crippen LogP contribution in [0.3, 0.4) is 0 Å². The molecule has 1 aliphatic heterocycles. The van der Waals surface area contributed by atoms with Crippen molar-refractivity contribution in [2.45, 2.75) is 13.0 Å². The highest BCUT2D eigenvalue weighted by molar-refractivity contribution is 7.80. The zero-order chi connectivity index (χ0) is 14.5. The Bertz CT molecular complexity index is 477. The Morgan fingerprint density at radius 1 is 1.50 bits per heavy atom. The normalized spacial score (nSPS) is 17.7. The van der Waals surface area contributed by atoms with Gasteiger partial charge < -0.3 is 15.8 Å². The van der Waals surface area contributed by atoms with Crippen LogP contribution in [-0.2, 0) is 4.74 Å². The van der Waals surface area contributed by atoms with Crippen LogP contribution in [0.4, 0.5) is 10.1 Å². The number of halogens is 1. The van der Waals surface area contributed by atoms with Crippen LogP contribution in [0.1, 0.15) is 12.5 Å². The third-order valence-corrected chi connectivity index (χ3v) is 3.53. The lowest BCUT2D eigenvalue weighted by atomic mass is 10.2. The summed E-state index contributed by atoms with van der Waals surface area (Å²) < 4.78 is 19.2. The molecule has 0 saturated carbocycles. The first-order valence-electron chi connectivity index (χ1n) is 6.72. The summed E-state index contributed by atoms with van der Waals surface area (Å²) in [7, 11) is 0. The first kappa shape index (κ1) is 15.2. The summed E-state index contributed by atoms with van der Waals surface area (Å²) in [4.78, 5) is 2.51. The predicted octanol–water partition coefficient (Wildman–Crippen LogP) is 1.59. The molecule has 0 radical (unpaired) electrons. The topological polar surface area (TPSA) is 50.5 Å². The Kier molecular flexibility index (Phi) is 5.28. The highest BCUT2D eigenvalue weighted by atomic mass is 32.1. The van der Waals surface area contributed by atoms with Gasteiger partial charge in [-0.1, -0.05) is 12.2 Å². The van der Waals surface area contributed by atoms with E-state index in [1.807, 2.05) is 6.92 Å². The lowest BCUT2D eigenvalue weighted by molar-refractivity contribution is 0.0368. The van der Waals surface area contributed by atoms with Gasteiger partial charge in [-0.05, 0) is 25.1 Å². The number of thiocarbonyl (C=S) groups is 1. The molecular weight excluding hydrogens is 277 g/mol. The monoisotopic (exact) mass is 297 g/mol. The molecule has 1 heterocycles. The number of benzene rings is 1. The first-order valence-corrected chi connectivity index (χ1v) is 7.13. The molecule has 0 aliphatic carbocycles. The van der Waals surface area contributed by atoms with Crippen molar-refractivity contribution >= 4 is 22.9 Å². The van der Waals surface area contributed by atoms with Crippen LogP contribution >= 0.6 is 12.2 Å². The minimum absolute atomic E-state index is 0.151. The minimum atomic E-state index is -0.330. The Hall–Kier alpha value is -1.24. The lowest BCUT2D eigenvalue weighted by Crippen LogP contribution is -2.42. The molecule has 3 N–H and O–H groups in total. The van der Waals surface area contributed by atoms with E-state index in [2.05, 4.69) is 10.2 Å². The van der Waals surface area contributed by atoms with Crippen LogP contribution in [-0.4, -0.2) is 48.8 Å². The van der Waals surface area contributed by atoms with Crippen LogP contribution in [0, 0.1) is 5.82 Å². The molecule has 0 amide bonds. The summed E-state index contributed by atoms with van der Waals surface area (Å²) in [5.41, 5.74) is 6.51. The van der Waals surface area contributed by atoms with E-state index in [4.69, 9.17) is 22.7 Å². The molecule has 110 valence electrons. The Balaban J connectivity index is 1.93. The van der Waals surface area contributed by atoms with Gasteiger partial charge in [-0.15, -0.1) is 0 Å². The second kappa shape index (κ2) is 6.97. The summed E-state index contributed by atoms with van der Waals surface area (Å²) >= 11 is 4.83. The smallest absolute Gasteiger partial charge is 0.146 e.